The summed E-state index contributed by atoms with van der Waals surface area (Å²) in [5.41, 5.74) is 2.10. The zero-order valence-corrected chi connectivity index (χ0v) is 19.3. The smallest absolute Gasteiger partial charge is 0.277 e. The van der Waals surface area contributed by atoms with Crippen molar-refractivity contribution in [2.24, 2.45) is 0 Å². The molecular formula is C25H28N4O2S. The summed E-state index contributed by atoms with van der Waals surface area (Å²) in [4.78, 5) is 30.2. The number of hydrogen-bond acceptors (Lipinski definition) is 4. The molecule has 1 atom stereocenters. The number of thiophene rings is 1. The van der Waals surface area contributed by atoms with Crippen LogP contribution >= 0.6 is 11.3 Å². The lowest BCUT2D eigenvalue weighted by molar-refractivity contribution is -0.127. The zero-order chi connectivity index (χ0) is 22.3. The Kier molecular flexibility index (Phi) is 5.37. The van der Waals surface area contributed by atoms with Gasteiger partial charge in [-0.25, -0.2) is 0 Å². The van der Waals surface area contributed by atoms with E-state index in [-0.39, 0.29) is 17.9 Å². The second kappa shape index (κ2) is 8.20. The Labute approximate surface area is 192 Å². The molecule has 166 valence electrons. The molecule has 0 saturated heterocycles. The molecule has 1 aromatic carbocycles. The number of rotatable bonds is 5. The molecule has 1 N–H and O–H groups in total. The van der Waals surface area contributed by atoms with E-state index < -0.39 is 5.54 Å². The highest BCUT2D eigenvalue weighted by Gasteiger charge is 2.49. The number of carbonyl (C=O) groups excluding carboxylic acids is 2. The Morgan fingerprint density at radius 2 is 2.03 bits per heavy atom. The number of carbonyl (C=O) groups is 2. The molecule has 2 aliphatic rings. The first kappa shape index (κ1) is 20.9. The van der Waals surface area contributed by atoms with Crippen LogP contribution in [0.4, 0.5) is 5.69 Å². The fourth-order valence-corrected chi connectivity index (χ4v) is 5.54. The molecule has 1 aliphatic carbocycles. The van der Waals surface area contributed by atoms with Gasteiger partial charge in [-0.2, -0.15) is 5.10 Å². The summed E-state index contributed by atoms with van der Waals surface area (Å²) in [5, 5.41) is 9.94. The van der Waals surface area contributed by atoms with E-state index in [1.54, 1.807) is 20.9 Å². The molecule has 3 aromatic rings. The first-order valence-corrected chi connectivity index (χ1v) is 12.2. The van der Waals surface area contributed by atoms with E-state index in [1.165, 1.54) is 0 Å². The van der Waals surface area contributed by atoms with Gasteiger partial charge < -0.3 is 5.32 Å². The van der Waals surface area contributed by atoms with Gasteiger partial charge in [0.05, 0.1) is 11.4 Å². The average molecular weight is 449 g/mol. The van der Waals surface area contributed by atoms with Gasteiger partial charge in [0, 0.05) is 11.7 Å². The molecule has 1 saturated carbocycles. The van der Waals surface area contributed by atoms with Gasteiger partial charge in [0.2, 0.25) is 5.91 Å². The number of anilines is 1. The van der Waals surface area contributed by atoms with Crippen molar-refractivity contribution in [1.82, 2.24) is 15.1 Å². The van der Waals surface area contributed by atoms with Crippen LogP contribution < -0.4 is 10.2 Å². The van der Waals surface area contributed by atoms with E-state index in [0.717, 1.165) is 53.9 Å². The van der Waals surface area contributed by atoms with Crippen LogP contribution in [0.3, 0.4) is 0 Å². The Morgan fingerprint density at radius 1 is 1.22 bits per heavy atom. The first-order valence-electron chi connectivity index (χ1n) is 11.4. The van der Waals surface area contributed by atoms with Gasteiger partial charge in [0.15, 0.2) is 0 Å². The van der Waals surface area contributed by atoms with Crippen molar-refractivity contribution in [2.75, 3.05) is 4.90 Å². The van der Waals surface area contributed by atoms with Gasteiger partial charge in [-0.3, -0.25) is 19.2 Å². The fourth-order valence-electron chi connectivity index (χ4n) is 4.86. The van der Waals surface area contributed by atoms with Crippen LogP contribution in [0.15, 0.2) is 47.8 Å². The van der Waals surface area contributed by atoms with E-state index >= 15 is 0 Å². The summed E-state index contributed by atoms with van der Waals surface area (Å²) in [6.45, 7) is 4.27. The van der Waals surface area contributed by atoms with Gasteiger partial charge in [-0.15, -0.1) is 11.3 Å². The normalized spacial score (nSPS) is 21.1. The predicted molar refractivity (Wildman–Crippen MR) is 127 cm³/mol. The number of aryl methyl sites for hydroxylation is 1. The molecule has 7 heteroatoms. The molecule has 0 spiro atoms. The zero-order valence-electron chi connectivity index (χ0n) is 18.5. The second-order valence-electron chi connectivity index (χ2n) is 8.94. The molecule has 1 fully saturated rings. The molecule has 32 heavy (non-hydrogen) atoms. The Balaban J connectivity index is 1.59. The fraction of sp³-hybridized carbons (Fsp3) is 0.400. The third-order valence-electron chi connectivity index (χ3n) is 6.68. The molecule has 0 unspecified atom stereocenters. The lowest BCUT2D eigenvalue weighted by atomic mass is 9.93. The maximum atomic E-state index is 13.8. The monoisotopic (exact) mass is 448 g/mol. The first-order chi connectivity index (χ1) is 15.5. The third kappa shape index (κ3) is 3.54. The van der Waals surface area contributed by atoms with Crippen LogP contribution in [-0.4, -0.2) is 33.2 Å². The van der Waals surface area contributed by atoms with Crippen LogP contribution in [0, 0.1) is 0 Å². The molecule has 2 amide bonds. The number of amides is 2. The van der Waals surface area contributed by atoms with Crippen molar-refractivity contribution in [1.29, 1.82) is 0 Å². The highest BCUT2D eigenvalue weighted by Crippen LogP contribution is 2.35. The summed E-state index contributed by atoms with van der Waals surface area (Å²) < 4.78 is 1.71. The average Bonchev–Trinajstić information content (AvgIpc) is 3.55. The van der Waals surface area contributed by atoms with Crippen LogP contribution in [0.2, 0.25) is 0 Å². The quantitative estimate of drug-likeness (QED) is 0.618. The van der Waals surface area contributed by atoms with Gasteiger partial charge in [-0.1, -0.05) is 38.0 Å². The van der Waals surface area contributed by atoms with Crippen LogP contribution in [-0.2, 0) is 17.8 Å². The molecule has 0 radical (unpaired) electrons. The number of fused-ring (bicyclic) bond motifs is 1. The highest BCUT2D eigenvalue weighted by molar-refractivity contribution is 7.13. The van der Waals surface area contributed by atoms with Gasteiger partial charge in [-0.05, 0) is 61.4 Å². The lowest BCUT2D eigenvalue weighted by Crippen LogP contribution is -2.65. The predicted octanol–water partition coefficient (Wildman–Crippen LogP) is 4.65. The summed E-state index contributed by atoms with van der Waals surface area (Å²) in [6, 6.07) is 13.9. The number of benzene rings is 1. The highest BCUT2D eigenvalue weighted by atomic mass is 32.1. The van der Waals surface area contributed by atoms with E-state index in [0.29, 0.717) is 12.2 Å². The molecule has 0 bridgehead atoms. The van der Waals surface area contributed by atoms with Crippen LogP contribution in [0.25, 0.3) is 10.6 Å². The standard InChI is InChI=1S/C25H28N4O2S/c1-3-17-8-6-11-19(14-17)29-23(30)21-15-20(22-12-7-13-32-22)27-28(21)16-25(29,2)24(31)26-18-9-4-5-10-18/h6-8,11-15,18H,3-5,9-10,16H2,1-2H3,(H,26,31)/t25-/m0/s1. The molecule has 6 nitrogen and oxygen atoms in total. The summed E-state index contributed by atoms with van der Waals surface area (Å²) in [5.74, 6) is -0.303. The van der Waals surface area contributed by atoms with Crippen molar-refractivity contribution in [3.63, 3.8) is 0 Å². The van der Waals surface area contributed by atoms with Gasteiger partial charge >= 0.3 is 0 Å². The van der Waals surface area contributed by atoms with E-state index in [9.17, 15) is 9.59 Å². The van der Waals surface area contributed by atoms with Gasteiger partial charge in [0.25, 0.3) is 5.91 Å². The van der Waals surface area contributed by atoms with Crippen molar-refractivity contribution in [2.45, 2.75) is 64.1 Å². The van der Waals surface area contributed by atoms with E-state index in [2.05, 4.69) is 12.2 Å². The largest absolute Gasteiger partial charge is 0.351 e. The summed E-state index contributed by atoms with van der Waals surface area (Å²) in [7, 11) is 0. The third-order valence-corrected chi connectivity index (χ3v) is 7.58. The summed E-state index contributed by atoms with van der Waals surface area (Å²) in [6.07, 6.45) is 5.13. The maximum Gasteiger partial charge on any atom is 0.277 e. The van der Waals surface area contributed by atoms with Crippen molar-refractivity contribution < 1.29 is 9.59 Å². The SMILES string of the molecule is CCc1cccc(N2C(=O)c3cc(-c4cccs4)nn3C[C@@]2(C)C(=O)NC2CCCC2)c1. The maximum absolute atomic E-state index is 13.8. The minimum Gasteiger partial charge on any atom is -0.351 e. The van der Waals surface area contributed by atoms with Crippen molar-refractivity contribution in [3.8, 4) is 10.6 Å². The number of nitrogens with zero attached hydrogens (tertiary/aromatic N) is 3. The molecular weight excluding hydrogens is 420 g/mol. The lowest BCUT2D eigenvalue weighted by Gasteiger charge is -2.43. The Morgan fingerprint density at radius 3 is 2.75 bits per heavy atom. The van der Waals surface area contributed by atoms with Crippen molar-refractivity contribution >= 4 is 28.8 Å². The molecule has 1 aliphatic heterocycles. The Hall–Kier alpha value is -2.93. The van der Waals surface area contributed by atoms with Crippen LogP contribution in [0.5, 0.6) is 0 Å². The minimum atomic E-state index is -1.07. The Bertz CT molecular complexity index is 1150. The summed E-state index contributed by atoms with van der Waals surface area (Å²) >= 11 is 1.59. The molecule has 3 heterocycles. The molecule has 2 aromatic heterocycles. The van der Waals surface area contributed by atoms with E-state index in [4.69, 9.17) is 5.10 Å². The minimum absolute atomic E-state index is 0.113. The van der Waals surface area contributed by atoms with Gasteiger partial charge in [0.1, 0.15) is 16.9 Å². The second-order valence-corrected chi connectivity index (χ2v) is 9.89. The van der Waals surface area contributed by atoms with Crippen molar-refractivity contribution in [3.05, 3.63) is 59.1 Å². The topological polar surface area (TPSA) is 67.2 Å². The van der Waals surface area contributed by atoms with E-state index in [1.807, 2.05) is 54.8 Å². The number of aromatic nitrogens is 2. The molecule has 5 rings (SSSR count). The number of hydrogen-bond donors (Lipinski definition) is 1. The number of nitrogens with one attached hydrogen (secondary N) is 1. The van der Waals surface area contributed by atoms with Crippen LogP contribution in [0.1, 0.15) is 55.6 Å².